The molecule has 4 amide bonds. The lowest BCUT2D eigenvalue weighted by atomic mass is 10.1. The molecule has 1 saturated heterocycles. The average molecular weight is 549 g/mol. The molecule has 3 aromatic carbocycles. The maximum absolute atomic E-state index is 13.2. The van der Waals surface area contributed by atoms with E-state index < -0.39 is 17.8 Å². The van der Waals surface area contributed by atoms with Crippen LogP contribution in [-0.4, -0.2) is 25.0 Å². The van der Waals surface area contributed by atoms with Crippen molar-refractivity contribution < 1.29 is 23.9 Å². The molecule has 4 rings (SSSR count). The zero-order valence-electron chi connectivity index (χ0n) is 20.3. The highest BCUT2D eigenvalue weighted by Gasteiger charge is 2.37. The molecule has 1 fully saturated rings. The Morgan fingerprint density at radius 3 is 2.31 bits per heavy atom. The summed E-state index contributed by atoms with van der Waals surface area (Å²) in [4.78, 5) is 39.3. The number of ether oxygens (including phenoxy) is 2. The lowest BCUT2D eigenvalue weighted by Gasteiger charge is -2.27. The third kappa shape index (κ3) is 5.33. The SMILES string of the molecule is COc1cc(/C=C2/C(=O)NC(=O)N(c3ccc(Br)cc3C)C2=O)ccc1OCc1cc(C)cc(C)c1. The summed E-state index contributed by atoms with van der Waals surface area (Å²) in [6.45, 7) is 6.22. The van der Waals surface area contributed by atoms with Crippen molar-refractivity contribution in [1.29, 1.82) is 0 Å². The summed E-state index contributed by atoms with van der Waals surface area (Å²) in [7, 11) is 1.52. The van der Waals surface area contributed by atoms with E-state index in [1.165, 1.54) is 13.2 Å². The van der Waals surface area contributed by atoms with Gasteiger partial charge in [-0.2, -0.15) is 0 Å². The van der Waals surface area contributed by atoms with Gasteiger partial charge in [0.25, 0.3) is 11.8 Å². The molecule has 1 heterocycles. The third-order valence-corrected chi connectivity index (χ3v) is 6.17. The zero-order chi connectivity index (χ0) is 26.0. The number of halogens is 1. The molecule has 0 bridgehead atoms. The number of aryl methyl sites for hydroxylation is 3. The second kappa shape index (κ2) is 10.4. The Morgan fingerprint density at radius 1 is 0.917 bits per heavy atom. The number of nitrogens with one attached hydrogen (secondary N) is 1. The number of benzene rings is 3. The van der Waals surface area contributed by atoms with Crippen LogP contribution in [0.2, 0.25) is 0 Å². The van der Waals surface area contributed by atoms with Gasteiger partial charge in [-0.1, -0.05) is 51.3 Å². The quantitative estimate of drug-likeness (QED) is 0.318. The number of urea groups is 1. The number of nitrogens with zero attached hydrogens (tertiary/aromatic N) is 1. The average Bonchev–Trinajstić information content (AvgIpc) is 2.81. The first-order chi connectivity index (χ1) is 17.2. The van der Waals surface area contributed by atoms with Crippen molar-refractivity contribution in [2.75, 3.05) is 12.0 Å². The topological polar surface area (TPSA) is 84.9 Å². The van der Waals surface area contributed by atoms with Crippen molar-refractivity contribution in [3.8, 4) is 11.5 Å². The van der Waals surface area contributed by atoms with Crippen molar-refractivity contribution in [2.45, 2.75) is 27.4 Å². The monoisotopic (exact) mass is 548 g/mol. The van der Waals surface area contributed by atoms with Crippen LogP contribution in [0.5, 0.6) is 11.5 Å². The van der Waals surface area contributed by atoms with E-state index >= 15 is 0 Å². The van der Waals surface area contributed by atoms with Crippen molar-refractivity contribution in [2.24, 2.45) is 0 Å². The molecule has 0 aromatic heterocycles. The van der Waals surface area contributed by atoms with Gasteiger partial charge in [0.15, 0.2) is 11.5 Å². The molecule has 184 valence electrons. The van der Waals surface area contributed by atoms with Crippen LogP contribution in [0, 0.1) is 20.8 Å². The number of rotatable bonds is 6. The highest BCUT2D eigenvalue weighted by Crippen LogP contribution is 2.31. The number of methoxy groups -OCH3 is 1. The van der Waals surface area contributed by atoms with Gasteiger partial charge < -0.3 is 9.47 Å². The lowest BCUT2D eigenvalue weighted by molar-refractivity contribution is -0.122. The van der Waals surface area contributed by atoms with E-state index in [1.54, 1.807) is 43.3 Å². The summed E-state index contributed by atoms with van der Waals surface area (Å²) in [5.41, 5.74) is 4.83. The van der Waals surface area contributed by atoms with Crippen molar-refractivity contribution >= 4 is 45.5 Å². The molecule has 0 saturated carbocycles. The first-order valence-electron chi connectivity index (χ1n) is 11.2. The predicted octanol–water partition coefficient (Wildman–Crippen LogP) is 5.63. The number of anilines is 1. The Balaban J connectivity index is 1.61. The zero-order valence-corrected chi connectivity index (χ0v) is 21.9. The standard InChI is InChI=1S/C28H25BrN2O5/c1-16-9-17(2)11-20(10-16)15-36-24-8-5-19(14-25(24)35-4)13-22-26(32)30-28(34)31(27(22)33)23-7-6-21(29)12-18(23)3/h5-14H,15H2,1-4H3,(H,30,32,34)/b22-13-. The van der Waals surface area contributed by atoms with Crippen LogP contribution in [0.15, 0.2) is 64.6 Å². The molecule has 0 unspecified atom stereocenters. The second-order valence-electron chi connectivity index (χ2n) is 8.58. The van der Waals surface area contributed by atoms with Crippen LogP contribution in [-0.2, 0) is 16.2 Å². The summed E-state index contributed by atoms with van der Waals surface area (Å²) < 4.78 is 12.3. The molecule has 1 N–H and O–H groups in total. The van der Waals surface area contributed by atoms with Crippen LogP contribution in [0.3, 0.4) is 0 Å². The van der Waals surface area contributed by atoms with Gasteiger partial charge in [0.05, 0.1) is 12.8 Å². The van der Waals surface area contributed by atoms with Crippen molar-refractivity contribution in [3.63, 3.8) is 0 Å². The summed E-state index contributed by atoms with van der Waals surface area (Å²) in [5, 5.41) is 2.25. The van der Waals surface area contributed by atoms with Crippen molar-refractivity contribution in [1.82, 2.24) is 5.32 Å². The molecule has 3 aromatic rings. The Kier molecular flexibility index (Phi) is 7.26. The Labute approximate surface area is 217 Å². The minimum Gasteiger partial charge on any atom is -0.493 e. The van der Waals surface area contributed by atoms with E-state index in [9.17, 15) is 14.4 Å². The van der Waals surface area contributed by atoms with Crippen LogP contribution >= 0.6 is 15.9 Å². The number of barbiturate groups is 1. The van der Waals surface area contributed by atoms with Crippen molar-refractivity contribution in [3.05, 3.63) is 92.5 Å². The minimum atomic E-state index is -0.791. The Morgan fingerprint density at radius 2 is 1.64 bits per heavy atom. The lowest BCUT2D eigenvalue weighted by Crippen LogP contribution is -2.54. The molecule has 36 heavy (non-hydrogen) atoms. The number of hydrogen-bond acceptors (Lipinski definition) is 5. The van der Waals surface area contributed by atoms with Crippen LogP contribution < -0.4 is 19.7 Å². The number of hydrogen-bond donors (Lipinski definition) is 1. The first kappa shape index (κ1) is 25.2. The number of carbonyl (C=O) groups excluding carboxylic acids is 3. The first-order valence-corrected chi connectivity index (χ1v) is 12.0. The largest absolute Gasteiger partial charge is 0.493 e. The molecule has 0 radical (unpaired) electrons. The molecule has 0 aliphatic carbocycles. The van der Waals surface area contributed by atoms with Gasteiger partial charge in [-0.05, 0) is 73.9 Å². The number of imide groups is 2. The summed E-state index contributed by atoms with van der Waals surface area (Å²) >= 11 is 3.37. The predicted molar refractivity (Wildman–Crippen MR) is 141 cm³/mol. The van der Waals surface area contributed by atoms with E-state index in [0.717, 1.165) is 26.1 Å². The normalized spacial score (nSPS) is 14.8. The van der Waals surface area contributed by atoms with Gasteiger partial charge in [0.2, 0.25) is 0 Å². The van der Waals surface area contributed by atoms with Crippen LogP contribution in [0.1, 0.15) is 27.8 Å². The fourth-order valence-corrected chi connectivity index (χ4v) is 4.59. The van der Waals surface area contributed by atoms with Crippen LogP contribution in [0.25, 0.3) is 6.08 Å². The number of amides is 4. The van der Waals surface area contributed by atoms with Gasteiger partial charge in [0, 0.05) is 4.47 Å². The molecule has 1 aliphatic rings. The van der Waals surface area contributed by atoms with Crippen LogP contribution in [0.4, 0.5) is 10.5 Å². The molecule has 0 atom stereocenters. The van der Waals surface area contributed by atoms with Gasteiger partial charge in [-0.15, -0.1) is 0 Å². The molecule has 0 spiro atoms. The third-order valence-electron chi connectivity index (χ3n) is 5.68. The fourth-order valence-electron chi connectivity index (χ4n) is 4.12. The second-order valence-corrected chi connectivity index (χ2v) is 9.50. The van der Waals surface area contributed by atoms with Gasteiger partial charge in [-0.3, -0.25) is 14.9 Å². The minimum absolute atomic E-state index is 0.164. The van der Waals surface area contributed by atoms with E-state index in [4.69, 9.17) is 9.47 Å². The molecular weight excluding hydrogens is 524 g/mol. The van der Waals surface area contributed by atoms with E-state index in [0.29, 0.717) is 34.9 Å². The maximum Gasteiger partial charge on any atom is 0.335 e. The highest BCUT2D eigenvalue weighted by molar-refractivity contribution is 9.10. The molecule has 8 heteroatoms. The summed E-state index contributed by atoms with van der Waals surface area (Å²) in [6.07, 6.45) is 1.43. The fraction of sp³-hybridized carbons (Fsp3) is 0.179. The summed E-state index contributed by atoms with van der Waals surface area (Å²) in [6, 6.07) is 15.7. The van der Waals surface area contributed by atoms with E-state index in [1.807, 2.05) is 13.8 Å². The van der Waals surface area contributed by atoms with E-state index in [2.05, 4.69) is 39.4 Å². The van der Waals surface area contributed by atoms with Gasteiger partial charge in [-0.25, -0.2) is 9.69 Å². The molecule has 7 nitrogen and oxygen atoms in total. The van der Waals surface area contributed by atoms with Gasteiger partial charge >= 0.3 is 6.03 Å². The van der Waals surface area contributed by atoms with E-state index in [-0.39, 0.29) is 5.57 Å². The van der Waals surface area contributed by atoms with Gasteiger partial charge in [0.1, 0.15) is 12.2 Å². The summed E-state index contributed by atoms with van der Waals surface area (Å²) in [5.74, 6) is -0.483. The Bertz CT molecular complexity index is 1390. The number of carbonyl (C=O) groups is 3. The molecule has 1 aliphatic heterocycles. The molecular formula is C28H25BrN2O5. The highest BCUT2D eigenvalue weighted by atomic mass is 79.9. The smallest absolute Gasteiger partial charge is 0.335 e. The Hall–Kier alpha value is -3.91. The maximum atomic E-state index is 13.2.